The number of nitrogens with one attached hydrogen (secondary N) is 1. The number of carbonyl (C=O) groups is 2. The molecule has 5 heteroatoms. The van der Waals surface area contributed by atoms with Gasteiger partial charge in [-0.1, -0.05) is 30.7 Å². The van der Waals surface area contributed by atoms with Gasteiger partial charge < -0.3 is 5.32 Å². The quantitative estimate of drug-likeness (QED) is 0.904. The zero-order valence-corrected chi connectivity index (χ0v) is 12.0. The number of hydrogen-bond donors (Lipinski definition) is 1. The minimum atomic E-state index is -0.872. The lowest BCUT2D eigenvalue weighted by molar-refractivity contribution is -0.137. The maximum Gasteiger partial charge on any atom is 0.253 e. The Morgan fingerprint density at radius 2 is 2.00 bits per heavy atom. The first-order valence-electron chi connectivity index (χ1n) is 6.31. The van der Waals surface area contributed by atoms with E-state index in [1.807, 2.05) is 6.92 Å². The maximum atomic E-state index is 12.6. The summed E-state index contributed by atoms with van der Waals surface area (Å²) in [6.07, 6.45) is 0.533. The van der Waals surface area contributed by atoms with Crippen LogP contribution in [0.15, 0.2) is 24.3 Å². The van der Waals surface area contributed by atoms with Crippen molar-refractivity contribution in [1.29, 1.82) is 0 Å². The molecule has 0 aliphatic carbocycles. The third-order valence-electron chi connectivity index (χ3n) is 3.68. The average Bonchev–Trinajstić information content (AvgIpc) is 2.39. The van der Waals surface area contributed by atoms with Crippen molar-refractivity contribution in [3.63, 3.8) is 0 Å². The Bertz CT molecular complexity index is 532. The molecule has 1 aromatic rings. The van der Waals surface area contributed by atoms with E-state index >= 15 is 0 Å². The number of para-hydroxylation sites is 1. The lowest BCUT2D eigenvalue weighted by Crippen LogP contribution is -2.68. The van der Waals surface area contributed by atoms with E-state index in [9.17, 15) is 9.59 Å². The van der Waals surface area contributed by atoms with E-state index in [-0.39, 0.29) is 11.8 Å². The number of hydrogen-bond acceptors (Lipinski definition) is 2. The Kier molecular flexibility index (Phi) is 3.54. The van der Waals surface area contributed by atoms with Gasteiger partial charge >= 0.3 is 0 Å². The fourth-order valence-corrected chi connectivity index (χ4v) is 2.42. The second kappa shape index (κ2) is 4.85. The highest BCUT2D eigenvalue weighted by molar-refractivity contribution is 6.34. The van der Waals surface area contributed by atoms with Crippen molar-refractivity contribution in [2.75, 3.05) is 4.90 Å². The zero-order chi connectivity index (χ0) is 14.2. The van der Waals surface area contributed by atoms with Gasteiger partial charge in [-0.25, -0.2) is 0 Å². The molecule has 4 nitrogen and oxygen atoms in total. The number of nitrogens with zero attached hydrogens (tertiary/aromatic N) is 1. The van der Waals surface area contributed by atoms with Crippen LogP contribution in [0.5, 0.6) is 0 Å². The van der Waals surface area contributed by atoms with Crippen LogP contribution in [0.2, 0.25) is 5.02 Å². The summed E-state index contributed by atoms with van der Waals surface area (Å²) in [5.74, 6) is -0.293. The molecule has 0 spiro atoms. The summed E-state index contributed by atoms with van der Waals surface area (Å²) in [7, 11) is 0. The predicted octanol–water partition coefficient (Wildman–Crippen LogP) is 2.36. The molecular formula is C14H17ClN2O2. The van der Waals surface area contributed by atoms with Crippen LogP contribution in [-0.2, 0) is 9.59 Å². The first kappa shape index (κ1) is 13.9. The van der Waals surface area contributed by atoms with Crippen LogP contribution in [0.1, 0.15) is 27.2 Å². The Hall–Kier alpha value is -1.55. The summed E-state index contributed by atoms with van der Waals surface area (Å²) < 4.78 is 0. The minimum Gasteiger partial charge on any atom is -0.340 e. The SMILES string of the molecule is CCC1(C)NC(=O)C(C)N(c2ccccc2Cl)C1=O. The van der Waals surface area contributed by atoms with E-state index in [1.54, 1.807) is 38.1 Å². The van der Waals surface area contributed by atoms with Crippen molar-refractivity contribution in [2.24, 2.45) is 0 Å². The predicted molar refractivity (Wildman–Crippen MR) is 75.2 cm³/mol. The Morgan fingerprint density at radius 1 is 1.37 bits per heavy atom. The summed E-state index contributed by atoms with van der Waals surface area (Å²) >= 11 is 6.15. The normalized spacial score (nSPS) is 27.4. The highest BCUT2D eigenvalue weighted by Gasteiger charge is 2.46. The summed E-state index contributed by atoms with van der Waals surface area (Å²) in [6.45, 7) is 5.31. The molecule has 0 saturated carbocycles. The van der Waals surface area contributed by atoms with Crippen LogP contribution in [0.4, 0.5) is 5.69 Å². The van der Waals surface area contributed by atoms with E-state index in [0.717, 1.165) is 0 Å². The van der Waals surface area contributed by atoms with Crippen LogP contribution in [0.25, 0.3) is 0 Å². The largest absolute Gasteiger partial charge is 0.340 e. The standard InChI is InChI=1S/C14H17ClN2O2/c1-4-14(3)13(19)17(9(2)12(18)16-14)11-8-6-5-7-10(11)15/h5-9H,4H2,1-3H3,(H,16,18). The van der Waals surface area contributed by atoms with E-state index < -0.39 is 11.6 Å². The molecule has 1 aliphatic heterocycles. The molecule has 2 atom stereocenters. The maximum absolute atomic E-state index is 12.6. The molecular weight excluding hydrogens is 264 g/mol. The number of carbonyl (C=O) groups excluding carboxylic acids is 2. The molecule has 2 amide bonds. The van der Waals surface area contributed by atoms with Gasteiger partial charge in [0.1, 0.15) is 11.6 Å². The molecule has 0 aromatic heterocycles. The number of benzene rings is 1. The molecule has 2 rings (SSSR count). The fourth-order valence-electron chi connectivity index (χ4n) is 2.19. The second-order valence-electron chi connectivity index (χ2n) is 4.98. The molecule has 19 heavy (non-hydrogen) atoms. The number of amides is 2. The third-order valence-corrected chi connectivity index (χ3v) is 4.00. The van der Waals surface area contributed by atoms with Crippen LogP contribution < -0.4 is 10.2 Å². The monoisotopic (exact) mass is 280 g/mol. The molecule has 1 fully saturated rings. The molecule has 1 N–H and O–H groups in total. The number of anilines is 1. The average molecular weight is 281 g/mol. The van der Waals surface area contributed by atoms with E-state index in [4.69, 9.17) is 11.6 Å². The molecule has 1 heterocycles. The minimum absolute atomic E-state index is 0.129. The summed E-state index contributed by atoms with van der Waals surface area (Å²) in [6, 6.07) is 6.51. The second-order valence-corrected chi connectivity index (χ2v) is 5.38. The van der Waals surface area contributed by atoms with Crippen molar-refractivity contribution in [3.05, 3.63) is 29.3 Å². The van der Waals surface area contributed by atoms with Gasteiger partial charge in [-0.05, 0) is 32.4 Å². The molecule has 1 saturated heterocycles. The van der Waals surface area contributed by atoms with Crippen LogP contribution in [0.3, 0.4) is 0 Å². The Labute approximate surface area is 117 Å². The lowest BCUT2D eigenvalue weighted by atomic mass is 9.92. The van der Waals surface area contributed by atoms with Crippen LogP contribution >= 0.6 is 11.6 Å². The highest BCUT2D eigenvalue weighted by Crippen LogP contribution is 2.32. The van der Waals surface area contributed by atoms with Gasteiger partial charge in [0.2, 0.25) is 5.91 Å². The van der Waals surface area contributed by atoms with Gasteiger partial charge in [0, 0.05) is 0 Å². The Balaban J connectivity index is 2.50. The van der Waals surface area contributed by atoms with E-state index in [0.29, 0.717) is 17.1 Å². The molecule has 102 valence electrons. The van der Waals surface area contributed by atoms with Crippen LogP contribution in [-0.4, -0.2) is 23.4 Å². The molecule has 1 aliphatic rings. The lowest BCUT2D eigenvalue weighted by Gasteiger charge is -2.43. The summed E-state index contributed by atoms with van der Waals surface area (Å²) in [5.41, 5.74) is -0.292. The number of piperazine rings is 1. The van der Waals surface area contributed by atoms with Gasteiger partial charge in [0.05, 0.1) is 10.7 Å². The summed E-state index contributed by atoms with van der Waals surface area (Å²) in [5, 5.41) is 3.26. The van der Waals surface area contributed by atoms with Gasteiger partial charge in [-0.3, -0.25) is 14.5 Å². The van der Waals surface area contributed by atoms with Crippen LogP contribution in [0, 0.1) is 0 Å². The smallest absolute Gasteiger partial charge is 0.253 e. The molecule has 2 unspecified atom stereocenters. The van der Waals surface area contributed by atoms with Gasteiger partial charge in [-0.15, -0.1) is 0 Å². The first-order chi connectivity index (χ1) is 8.90. The zero-order valence-electron chi connectivity index (χ0n) is 11.2. The number of halogens is 1. The topological polar surface area (TPSA) is 49.4 Å². The fraction of sp³-hybridized carbons (Fsp3) is 0.429. The first-order valence-corrected chi connectivity index (χ1v) is 6.68. The highest BCUT2D eigenvalue weighted by atomic mass is 35.5. The van der Waals surface area contributed by atoms with Crippen molar-refractivity contribution in [2.45, 2.75) is 38.8 Å². The molecule has 1 aromatic carbocycles. The third kappa shape index (κ3) is 2.21. The number of rotatable bonds is 2. The van der Waals surface area contributed by atoms with Gasteiger partial charge in [-0.2, -0.15) is 0 Å². The van der Waals surface area contributed by atoms with Gasteiger partial charge in [0.25, 0.3) is 5.91 Å². The van der Waals surface area contributed by atoms with Crippen molar-refractivity contribution < 1.29 is 9.59 Å². The molecule has 0 bridgehead atoms. The Morgan fingerprint density at radius 3 is 2.58 bits per heavy atom. The van der Waals surface area contributed by atoms with E-state index in [1.165, 1.54) is 4.90 Å². The molecule has 0 radical (unpaired) electrons. The van der Waals surface area contributed by atoms with Gasteiger partial charge in [0.15, 0.2) is 0 Å². The van der Waals surface area contributed by atoms with Crippen molar-refractivity contribution in [3.8, 4) is 0 Å². The van der Waals surface area contributed by atoms with E-state index in [2.05, 4.69) is 5.32 Å². The van der Waals surface area contributed by atoms with Crippen molar-refractivity contribution in [1.82, 2.24) is 5.32 Å². The van der Waals surface area contributed by atoms with Crippen molar-refractivity contribution >= 4 is 29.1 Å². The summed E-state index contributed by atoms with van der Waals surface area (Å²) in [4.78, 5) is 26.2.